The van der Waals surface area contributed by atoms with E-state index in [0.717, 1.165) is 18.4 Å². The number of halogens is 2. The highest BCUT2D eigenvalue weighted by molar-refractivity contribution is 7.89. The van der Waals surface area contributed by atoms with Crippen LogP contribution in [0.3, 0.4) is 0 Å². The van der Waals surface area contributed by atoms with Gasteiger partial charge >= 0.3 is 0 Å². The summed E-state index contributed by atoms with van der Waals surface area (Å²) in [4.78, 5) is 12.5. The summed E-state index contributed by atoms with van der Waals surface area (Å²) >= 11 is 12.2. The molecule has 0 unspecified atom stereocenters. The number of carbonyl (C=O) groups excluding carboxylic acids is 1. The molecule has 0 bridgehead atoms. The van der Waals surface area contributed by atoms with E-state index in [2.05, 4.69) is 5.32 Å². The first-order chi connectivity index (χ1) is 12.3. The molecule has 0 radical (unpaired) electrons. The zero-order valence-electron chi connectivity index (χ0n) is 14.1. The Hall–Kier alpha value is -1.60. The Bertz CT molecular complexity index is 955. The number of nitrogens with one attached hydrogen (secondary N) is 1. The number of hydrogen-bond acceptors (Lipinski definition) is 3. The molecule has 1 amide bonds. The predicted octanol–water partition coefficient (Wildman–Crippen LogP) is 4.34. The Morgan fingerprint density at radius 3 is 2.38 bits per heavy atom. The van der Waals surface area contributed by atoms with Crippen LogP contribution in [0.1, 0.15) is 28.8 Å². The van der Waals surface area contributed by atoms with Crippen LogP contribution in [0.2, 0.25) is 10.0 Å². The minimum Gasteiger partial charge on any atom is -0.322 e. The van der Waals surface area contributed by atoms with Crippen molar-refractivity contribution < 1.29 is 13.2 Å². The molecule has 2 aromatic carbocycles. The molecule has 138 valence electrons. The van der Waals surface area contributed by atoms with Crippen molar-refractivity contribution in [2.24, 2.45) is 0 Å². The van der Waals surface area contributed by atoms with Crippen LogP contribution in [0.5, 0.6) is 0 Å². The molecule has 5 nitrogen and oxygen atoms in total. The molecule has 0 aliphatic carbocycles. The smallest absolute Gasteiger partial charge is 0.255 e. The molecule has 1 aliphatic rings. The quantitative estimate of drug-likeness (QED) is 0.811. The van der Waals surface area contributed by atoms with Crippen LogP contribution >= 0.6 is 23.2 Å². The second-order valence-electron chi connectivity index (χ2n) is 6.17. The van der Waals surface area contributed by atoms with Crippen LogP contribution in [0.25, 0.3) is 0 Å². The van der Waals surface area contributed by atoms with Crippen LogP contribution in [-0.2, 0) is 10.0 Å². The molecular formula is C18H18Cl2N2O3S. The van der Waals surface area contributed by atoms with Gasteiger partial charge in [-0.2, -0.15) is 4.31 Å². The number of rotatable bonds is 4. The van der Waals surface area contributed by atoms with E-state index in [0.29, 0.717) is 23.8 Å². The van der Waals surface area contributed by atoms with Crippen LogP contribution in [-0.4, -0.2) is 31.7 Å². The third kappa shape index (κ3) is 3.88. The van der Waals surface area contributed by atoms with Crippen LogP contribution in [0.15, 0.2) is 41.3 Å². The maximum atomic E-state index is 12.8. The number of anilines is 1. The van der Waals surface area contributed by atoms with Gasteiger partial charge in [0.15, 0.2) is 0 Å². The molecule has 1 heterocycles. The molecule has 1 N–H and O–H groups in total. The molecule has 0 atom stereocenters. The standard InChI is InChI=1S/C18H18Cl2N2O3S/c1-12-4-6-14(11-16(12)20)21-18(23)13-5-7-15(19)17(10-13)26(24,25)22-8-2-3-9-22/h4-7,10-11H,2-3,8-9H2,1H3,(H,21,23). The molecule has 2 aromatic rings. The highest BCUT2D eigenvalue weighted by atomic mass is 35.5. The van der Waals surface area contributed by atoms with Gasteiger partial charge in [-0.15, -0.1) is 0 Å². The maximum absolute atomic E-state index is 12.8. The highest BCUT2D eigenvalue weighted by Crippen LogP contribution is 2.28. The number of benzene rings is 2. The summed E-state index contributed by atoms with van der Waals surface area (Å²) in [6.45, 7) is 2.80. The average Bonchev–Trinajstić information content (AvgIpc) is 3.14. The molecule has 0 aromatic heterocycles. The molecule has 26 heavy (non-hydrogen) atoms. The second-order valence-corrected chi connectivity index (χ2v) is 8.90. The lowest BCUT2D eigenvalue weighted by molar-refractivity contribution is 0.102. The number of amides is 1. The SMILES string of the molecule is Cc1ccc(NC(=O)c2ccc(Cl)c(S(=O)(=O)N3CCCC3)c2)cc1Cl. The van der Waals surface area contributed by atoms with Gasteiger partial charge in [-0.3, -0.25) is 4.79 Å². The fourth-order valence-electron chi connectivity index (χ4n) is 2.78. The van der Waals surface area contributed by atoms with Gasteiger partial charge in [0.05, 0.1) is 5.02 Å². The average molecular weight is 413 g/mol. The monoisotopic (exact) mass is 412 g/mol. The first-order valence-electron chi connectivity index (χ1n) is 8.16. The molecule has 0 saturated carbocycles. The molecule has 1 aliphatic heterocycles. The van der Waals surface area contributed by atoms with Gasteiger partial charge in [0.25, 0.3) is 5.91 Å². The Morgan fingerprint density at radius 1 is 1.04 bits per heavy atom. The third-order valence-corrected chi connectivity index (χ3v) is 7.09. The van der Waals surface area contributed by atoms with E-state index in [1.165, 1.54) is 22.5 Å². The maximum Gasteiger partial charge on any atom is 0.255 e. The van der Waals surface area contributed by atoms with E-state index >= 15 is 0 Å². The minimum atomic E-state index is -3.71. The van der Waals surface area contributed by atoms with Gasteiger partial charge in [0.1, 0.15) is 4.90 Å². The summed E-state index contributed by atoms with van der Waals surface area (Å²) in [5.41, 5.74) is 1.64. The highest BCUT2D eigenvalue weighted by Gasteiger charge is 2.29. The normalized spacial score (nSPS) is 15.2. The Kier molecular flexibility index (Phi) is 5.58. The van der Waals surface area contributed by atoms with E-state index < -0.39 is 15.9 Å². The van der Waals surface area contributed by atoms with Crippen LogP contribution in [0.4, 0.5) is 5.69 Å². The van der Waals surface area contributed by atoms with Gasteiger partial charge in [-0.25, -0.2) is 8.42 Å². The van der Waals surface area contributed by atoms with Gasteiger partial charge in [0.2, 0.25) is 10.0 Å². The molecule has 1 fully saturated rings. The fraction of sp³-hybridized carbons (Fsp3) is 0.278. The van der Waals surface area contributed by atoms with Crippen molar-refractivity contribution in [2.45, 2.75) is 24.7 Å². The summed E-state index contributed by atoms with van der Waals surface area (Å²) in [6.07, 6.45) is 1.65. The Morgan fingerprint density at radius 2 is 1.73 bits per heavy atom. The van der Waals surface area contributed by atoms with Crippen molar-refractivity contribution in [3.05, 3.63) is 57.6 Å². The van der Waals surface area contributed by atoms with Crippen molar-refractivity contribution >= 4 is 44.8 Å². The lowest BCUT2D eigenvalue weighted by Gasteiger charge is -2.17. The van der Waals surface area contributed by atoms with Gasteiger partial charge in [0, 0.05) is 29.4 Å². The number of aryl methyl sites for hydroxylation is 1. The summed E-state index contributed by atoms with van der Waals surface area (Å²) in [5, 5.41) is 3.36. The zero-order chi connectivity index (χ0) is 18.9. The third-order valence-electron chi connectivity index (χ3n) is 4.31. The first kappa shape index (κ1) is 19.2. The largest absolute Gasteiger partial charge is 0.322 e. The van der Waals surface area contributed by atoms with Crippen molar-refractivity contribution in [3.8, 4) is 0 Å². The molecular weight excluding hydrogens is 395 g/mol. The van der Waals surface area contributed by atoms with Crippen molar-refractivity contribution in [2.75, 3.05) is 18.4 Å². The van der Waals surface area contributed by atoms with Crippen molar-refractivity contribution in [3.63, 3.8) is 0 Å². The second kappa shape index (κ2) is 7.56. The van der Waals surface area contributed by atoms with E-state index in [1.807, 2.05) is 6.92 Å². The Balaban J connectivity index is 1.89. The zero-order valence-corrected chi connectivity index (χ0v) is 16.5. The van der Waals surface area contributed by atoms with E-state index in [4.69, 9.17) is 23.2 Å². The van der Waals surface area contributed by atoms with Gasteiger partial charge in [-0.1, -0.05) is 29.3 Å². The van der Waals surface area contributed by atoms with E-state index in [-0.39, 0.29) is 15.5 Å². The number of hydrogen-bond donors (Lipinski definition) is 1. The molecule has 3 rings (SSSR count). The predicted molar refractivity (Wildman–Crippen MR) is 104 cm³/mol. The fourth-order valence-corrected chi connectivity index (χ4v) is 4.98. The summed E-state index contributed by atoms with van der Waals surface area (Å²) in [6, 6.07) is 9.42. The number of carbonyl (C=O) groups is 1. The lowest BCUT2D eigenvalue weighted by Crippen LogP contribution is -2.28. The summed E-state index contributed by atoms with van der Waals surface area (Å²) in [5.74, 6) is -0.431. The molecule has 1 saturated heterocycles. The van der Waals surface area contributed by atoms with Gasteiger partial charge in [-0.05, 0) is 55.7 Å². The van der Waals surface area contributed by atoms with Crippen LogP contribution in [0, 0.1) is 6.92 Å². The molecule has 8 heteroatoms. The first-order valence-corrected chi connectivity index (χ1v) is 10.4. The van der Waals surface area contributed by atoms with Crippen molar-refractivity contribution in [1.82, 2.24) is 4.31 Å². The van der Waals surface area contributed by atoms with Crippen molar-refractivity contribution in [1.29, 1.82) is 0 Å². The summed E-state index contributed by atoms with van der Waals surface area (Å²) in [7, 11) is -3.71. The molecule has 0 spiro atoms. The number of sulfonamides is 1. The van der Waals surface area contributed by atoms with Crippen LogP contribution < -0.4 is 5.32 Å². The minimum absolute atomic E-state index is 0.0457. The number of nitrogens with zero attached hydrogens (tertiary/aromatic N) is 1. The Labute approximate surface area is 163 Å². The van der Waals surface area contributed by atoms with E-state index in [9.17, 15) is 13.2 Å². The topological polar surface area (TPSA) is 66.5 Å². The van der Waals surface area contributed by atoms with Gasteiger partial charge < -0.3 is 5.32 Å². The van der Waals surface area contributed by atoms with E-state index in [1.54, 1.807) is 18.2 Å². The summed E-state index contributed by atoms with van der Waals surface area (Å²) < 4.78 is 26.9. The lowest BCUT2D eigenvalue weighted by atomic mass is 10.2.